The fourth-order valence-electron chi connectivity index (χ4n) is 2.77. The second-order valence-electron chi connectivity index (χ2n) is 7.00. The summed E-state index contributed by atoms with van der Waals surface area (Å²) in [5, 5.41) is 0. The maximum atomic E-state index is 12.4. The van der Waals surface area contributed by atoms with Gasteiger partial charge in [0.05, 0.1) is 0 Å². The SMILES string of the molecule is CCC(CC)C(=O)Cc1c(C)cc(C(C)(C)C)cc1C. The summed E-state index contributed by atoms with van der Waals surface area (Å²) >= 11 is 0. The van der Waals surface area contributed by atoms with Crippen molar-refractivity contribution < 1.29 is 4.79 Å². The zero-order valence-electron chi connectivity index (χ0n) is 14.3. The molecule has 0 radical (unpaired) electrons. The standard InChI is InChI=1S/C19H30O/c1-8-15(9-2)18(20)12-17-13(3)10-16(11-14(17)4)19(5,6)7/h10-11,15H,8-9,12H2,1-7H3. The summed E-state index contributed by atoms with van der Waals surface area (Å²) in [4.78, 5) is 12.4. The van der Waals surface area contributed by atoms with Crippen LogP contribution in [0.3, 0.4) is 0 Å². The van der Waals surface area contributed by atoms with Gasteiger partial charge < -0.3 is 0 Å². The van der Waals surface area contributed by atoms with Crippen molar-refractivity contribution >= 4 is 5.78 Å². The normalized spacial score (nSPS) is 12.0. The van der Waals surface area contributed by atoms with Gasteiger partial charge in [0, 0.05) is 12.3 Å². The first-order chi connectivity index (χ1) is 9.20. The van der Waals surface area contributed by atoms with Crippen LogP contribution in [-0.4, -0.2) is 5.78 Å². The minimum absolute atomic E-state index is 0.160. The molecule has 0 N–H and O–H groups in total. The molecule has 0 amide bonds. The van der Waals surface area contributed by atoms with Crippen molar-refractivity contribution in [2.24, 2.45) is 5.92 Å². The van der Waals surface area contributed by atoms with Gasteiger partial charge in [-0.2, -0.15) is 0 Å². The van der Waals surface area contributed by atoms with Crippen LogP contribution in [0.5, 0.6) is 0 Å². The quantitative estimate of drug-likeness (QED) is 0.725. The van der Waals surface area contributed by atoms with Crippen LogP contribution in [0.1, 0.15) is 69.7 Å². The van der Waals surface area contributed by atoms with Crippen molar-refractivity contribution in [3.63, 3.8) is 0 Å². The number of hydrogen-bond donors (Lipinski definition) is 0. The number of rotatable bonds is 5. The van der Waals surface area contributed by atoms with Gasteiger partial charge in [-0.25, -0.2) is 0 Å². The summed E-state index contributed by atoms with van der Waals surface area (Å²) in [5.74, 6) is 0.612. The molecule has 0 saturated heterocycles. The molecule has 1 aromatic rings. The van der Waals surface area contributed by atoms with Crippen LogP contribution in [-0.2, 0) is 16.6 Å². The van der Waals surface area contributed by atoms with Crippen LogP contribution in [0.15, 0.2) is 12.1 Å². The van der Waals surface area contributed by atoms with Gasteiger partial charge in [0.1, 0.15) is 5.78 Å². The van der Waals surface area contributed by atoms with Crippen LogP contribution >= 0.6 is 0 Å². The van der Waals surface area contributed by atoms with Crippen LogP contribution in [0.2, 0.25) is 0 Å². The van der Waals surface area contributed by atoms with E-state index in [1.54, 1.807) is 0 Å². The average Bonchev–Trinajstić information content (AvgIpc) is 2.33. The van der Waals surface area contributed by atoms with Crippen molar-refractivity contribution in [2.75, 3.05) is 0 Å². The Morgan fingerprint density at radius 2 is 1.50 bits per heavy atom. The highest BCUT2D eigenvalue weighted by Crippen LogP contribution is 2.27. The molecule has 0 aromatic heterocycles. The maximum Gasteiger partial charge on any atom is 0.140 e. The molecule has 0 atom stereocenters. The third kappa shape index (κ3) is 3.94. The van der Waals surface area contributed by atoms with Crippen molar-refractivity contribution in [2.45, 2.75) is 73.1 Å². The summed E-state index contributed by atoms with van der Waals surface area (Å²) in [6.07, 6.45) is 2.50. The second kappa shape index (κ2) is 6.56. The smallest absolute Gasteiger partial charge is 0.140 e. The molecule has 0 aliphatic heterocycles. The zero-order valence-corrected chi connectivity index (χ0v) is 14.3. The molecule has 112 valence electrons. The molecule has 0 aliphatic rings. The third-order valence-electron chi connectivity index (χ3n) is 4.35. The van der Waals surface area contributed by atoms with Crippen LogP contribution in [0.4, 0.5) is 0 Å². The Morgan fingerprint density at radius 3 is 1.85 bits per heavy atom. The number of ketones is 1. The fourth-order valence-corrected chi connectivity index (χ4v) is 2.77. The average molecular weight is 274 g/mol. The largest absolute Gasteiger partial charge is 0.299 e. The Labute approximate surface area is 124 Å². The molecule has 1 aromatic carbocycles. The van der Waals surface area contributed by atoms with Gasteiger partial charge in [-0.1, -0.05) is 46.8 Å². The first-order valence-corrected chi connectivity index (χ1v) is 7.84. The summed E-state index contributed by atoms with van der Waals surface area (Å²) in [7, 11) is 0. The van der Waals surface area contributed by atoms with Gasteiger partial charge in [0.2, 0.25) is 0 Å². The molecule has 1 nitrogen and oxygen atoms in total. The van der Waals surface area contributed by atoms with E-state index in [1.807, 2.05) is 0 Å². The van der Waals surface area contributed by atoms with Crippen LogP contribution < -0.4 is 0 Å². The van der Waals surface area contributed by atoms with E-state index in [0.717, 1.165) is 12.8 Å². The number of aryl methyl sites for hydroxylation is 2. The number of carbonyl (C=O) groups excluding carboxylic acids is 1. The first-order valence-electron chi connectivity index (χ1n) is 7.84. The lowest BCUT2D eigenvalue weighted by molar-refractivity contribution is -0.122. The Hall–Kier alpha value is -1.11. The molecule has 0 saturated carbocycles. The van der Waals surface area contributed by atoms with Crippen molar-refractivity contribution in [3.05, 3.63) is 34.4 Å². The summed E-state index contributed by atoms with van der Waals surface area (Å²) in [6.45, 7) is 15.2. The first kappa shape index (κ1) is 16.9. The number of hydrogen-bond acceptors (Lipinski definition) is 1. The van der Waals surface area contributed by atoms with Gasteiger partial charge in [-0.15, -0.1) is 0 Å². The zero-order chi connectivity index (χ0) is 15.5. The van der Waals surface area contributed by atoms with Gasteiger partial charge in [0.15, 0.2) is 0 Å². The van der Waals surface area contributed by atoms with Gasteiger partial charge in [0.25, 0.3) is 0 Å². The van der Waals surface area contributed by atoms with E-state index < -0.39 is 0 Å². The van der Waals surface area contributed by atoms with Crippen molar-refractivity contribution in [1.29, 1.82) is 0 Å². The van der Waals surface area contributed by atoms with Gasteiger partial charge in [-0.05, 0) is 54.4 Å². The summed E-state index contributed by atoms with van der Waals surface area (Å²) < 4.78 is 0. The highest BCUT2D eigenvalue weighted by Gasteiger charge is 2.19. The summed E-state index contributed by atoms with van der Waals surface area (Å²) in [5.41, 5.74) is 5.26. The minimum atomic E-state index is 0.160. The Balaban J connectivity index is 3.06. The van der Waals surface area contributed by atoms with E-state index in [2.05, 4.69) is 60.6 Å². The number of carbonyl (C=O) groups is 1. The molecule has 0 spiro atoms. The number of Topliss-reactive ketones (excluding diaryl/α,β-unsaturated/α-hetero) is 1. The van der Waals surface area contributed by atoms with Crippen molar-refractivity contribution in [3.8, 4) is 0 Å². The lowest BCUT2D eigenvalue weighted by atomic mass is 9.82. The molecule has 20 heavy (non-hydrogen) atoms. The molecular weight excluding hydrogens is 244 g/mol. The Morgan fingerprint density at radius 1 is 1.05 bits per heavy atom. The van der Waals surface area contributed by atoms with E-state index in [4.69, 9.17) is 0 Å². The van der Waals surface area contributed by atoms with Crippen LogP contribution in [0.25, 0.3) is 0 Å². The molecular formula is C19H30O. The Kier molecular flexibility index (Phi) is 5.56. The molecule has 0 heterocycles. The van der Waals surface area contributed by atoms with Crippen molar-refractivity contribution in [1.82, 2.24) is 0 Å². The van der Waals surface area contributed by atoms with E-state index in [1.165, 1.54) is 22.3 Å². The lowest BCUT2D eigenvalue weighted by Gasteiger charge is -2.22. The van der Waals surface area contributed by atoms with Gasteiger partial charge >= 0.3 is 0 Å². The predicted octanol–water partition coefficient (Wildman–Crippen LogP) is 5.15. The van der Waals surface area contributed by atoms with Gasteiger partial charge in [-0.3, -0.25) is 4.79 Å². The number of benzene rings is 1. The molecule has 1 heteroatoms. The highest BCUT2D eigenvalue weighted by atomic mass is 16.1. The second-order valence-corrected chi connectivity index (χ2v) is 7.00. The molecule has 0 aliphatic carbocycles. The minimum Gasteiger partial charge on any atom is -0.299 e. The molecule has 1 rings (SSSR count). The van der Waals surface area contributed by atoms with E-state index >= 15 is 0 Å². The maximum absolute atomic E-state index is 12.4. The topological polar surface area (TPSA) is 17.1 Å². The Bertz CT molecular complexity index is 450. The van der Waals surface area contributed by atoms with Crippen LogP contribution in [0, 0.1) is 19.8 Å². The summed E-state index contributed by atoms with van der Waals surface area (Å²) in [6, 6.07) is 4.50. The monoisotopic (exact) mass is 274 g/mol. The molecule has 0 fully saturated rings. The van der Waals surface area contributed by atoms with E-state index in [-0.39, 0.29) is 11.3 Å². The van der Waals surface area contributed by atoms with E-state index in [0.29, 0.717) is 12.2 Å². The fraction of sp³-hybridized carbons (Fsp3) is 0.632. The predicted molar refractivity (Wildman–Crippen MR) is 87.4 cm³/mol. The van der Waals surface area contributed by atoms with E-state index in [9.17, 15) is 4.79 Å². The lowest BCUT2D eigenvalue weighted by Crippen LogP contribution is -2.18. The molecule has 0 unspecified atom stereocenters. The molecule has 0 bridgehead atoms. The third-order valence-corrected chi connectivity index (χ3v) is 4.35. The highest BCUT2D eigenvalue weighted by molar-refractivity contribution is 5.83.